The Labute approximate surface area is 126 Å². The van der Waals surface area contributed by atoms with E-state index >= 15 is 0 Å². The van der Waals surface area contributed by atoms with Gasteiger partial charge in [0.05, 0.1) is 6.10 Å². The van der Waals surface area contributed by atoms with Crippen molar-refractivity contribution < 1.29 is 5.11 Å². The molecule has 0 bridgehead atoms. The van der Waals surface area contributed by atoms with E-state index < -0.39 is 0 Å². The Morgan fingerprint density at radius 2 is 2.00 bits per heavy atom. The largest absolute Gasteiger partial charge is 0.388 e. The second kappa shape index (κ2) is 7.20. The fraction of sp³-hybridized carbons (Fsp3) is 0.333. The zero-order valence-corrected chi connectivity index (χ0v) is 13.3. The Morgan fingerprint density at radius 3 is 2.63 bits per heavy atom. The Hall–Kier alpha value is -0.680. The fourth-order valence-corrected chi connectivity index (χ4v) is 2.99. The average molecular weight is 340 g/mol. The predicted octanol–water partition coefficient (Wildman–Crippen LogP) is 4.07. The molecule has 0 aliphatic carbocycles. The van der Waals surface area contributed by atoms with Crippen LogP contribution in [0.25, 0.3) is 0 Å². The lowest BCUT2D eigenvalue weighted by atomic mass is 10.1. The molecule has 1 atom stereocenters. The van der Waals surface area contributed by atoms with Gasteiger partial charge >= 0.3 is 0 Å². The van der Waals surface area contributed by atoms with Crippen molar-refractivity contribution in [1.82, 2.24) is 4.90 Å². The minimum atomic E-state index is -0.390. The Kier molecular flexibility index (Phi) is 5.58. The quantitative estimate of drug-likeness (QED) is 0.857. The lowest BCUT2D eigenvalue weighted by molar-refractivity contribution is 0.148. The van der Waals surface area contributed by atoms with Gasteiger partial charge in [0, 0.05) is 22.4 Å². The third-order valence-corrected chi connectivity index (χ3v) is 4.43. The summed E-state index contributed by atoms with van der Waals surface area (Å²) >= 11 is 5.18. The van der Waals surface area contributed by atoms with Crippen LogP contribution in [0.15, 0.2) is 46.3 Å². The molecule has 0 aliphatic rings. The molecule has 0 fully saturated rings. The van der Waals surface area contributed by atoms with Gasteiger partial charge in [-0.25, -0.2) is 0 Å². The van der Waals surface area contributed by atoms with Gasteiger partial charge in [-0.3, -0.25) is 0 Å². The zero-order valence-electron chi connectivity index (χ0n) is 10.9. The Morgan fingerprint density at radius 1 is 1.26 bits per heavy atom. The first-order valence-corrected chi connectivity index (χ1v) is 7.97. The van der Waals surface area contributed by atoms with Crippen molar-refractivity contribution in [2.75, 3.05) is 13.6 Å². The lowest BCUT2D eigenvalue weighted by Crippen LogP contribution is -2.20. The van der Waals surface area contributed by atoms with Gasteiger partial charge in [-0.2, -0.15) is 0 Å². The SMILES string of the molecule is CN(CCC(O)c1ccc(Br)cc1)Cc1cccs1. The molecule has 1 aromatic heterocycles. The van der Waals surface area contributed by atoms with Crippen molar-refractivity contribution in [3.63, 3.8) is 0 Å². The van der Waals surface area contributed by atoms with E-state index in [0.29, 0.717) is 0 Å². The normalized spacial score (nSPS) is 12.8. The summed E-state index contributed by atoms with van der Waals surface area (Å²) in [6, 6.07) is 12.1. The fourth-order valence-electron chi connectivity index (χ4n) is 1.94. The molecule has 1 N–H and O–H groups in total. The van der Waals surface area contributed by atoms with Crippen molar-refractivity contribution in [3.05, 3.63) is 56.7 Å². The molecule has 2 aromatic rings. The summed E-state index contributed by atoms with van der Waals surface area (Å²) in [6.45, 7) is 1.83. The Balaban J connectivity index is 1.79. The number of thiophene rings is 1. The number of halogens is 1. The highest BCUT2D eigenvalue weighted by atomic mass is 79.9. The molecule has 0 saturated heterocycles. The second-order valence-corrected chi connectivity index (χ2v) is 6.62. The molecule has 1 heterocycles. The van der Waals surface area contributed by atoms with E-state index in [9.17, 15) is 5.11 Å². The molecule has 1 unspecified atom stereocenters. The van der Waals surface area contributed by atoms with Crippen molar-refractivity contribution in [2.45, 2.75) is 19.1 Å². The van der Waals surface area contributed by atoms with Crippen molar-refractivity contribution in [2.24, 2.45) is 0 Å². The van der Waals surface area contributed by atoms with Crippen molar-refractivity contribution >= 4 is 27.3 Å². The maximum absolute atomic E-state index is 10.1. The van der Waals surface area contributed by atoms with Gasteiger partial charge < -0.3 is 10.0 Å². The zero-order chi connectivity index (χ0) is 13.7. The number of hydrogen-bond acceptors (Lipinski definition) is 3. The van der Waals surface area contributed by atoms with Gasteiger partial charge in [0.2, 0.25) is 0 Å². The Bertz CT molecular complexity index is 483. The first-order chi connectivity index (χ1) is 9.15. The third-order valence-electron chi connectivity index (χ3n) is 3.04. The molecule has 2 nitrogen and oxygen atoms in total. The molecule has 2 rings (SSSR count). The van der Waals surface area contributed by atoms with Crippen LogP contribution in [0.1, 0.15) is 23.0 Å². The molecule has 102 valence electrons. The van der Waals surface area contributed by atoms with Gasteiger partial charge in [-0.15, -0.1) is 11.3 Å². The maximum Gasteiger partial charge on any atom is 0.0802 e. The van der Waals surface area contributed by atoms with E-state index in [0.717, 1.165) is 29.5 Å². The van der Waals surface area contributed by atoms with Crippen LogP contribution >= 0.6 is 27.3 Å². The molecular formula is C15H18BrNOS. The van der Waals surface area contributed by atoms with E-state index in [-0.39, 0.29) is 6.10 Å². The monoisotopic (exact) mass is 339 g/mol. The molecule has 0 saturated carbocycles. The van der Waals surface area contributed by atoms with Crippen LogP contribution < -0.4 is 0 Å². The van der Waals surface area contributed by atoms with E-state index in [2.05, 4.69) is 45.4 Å². The van der Waals surface area contributed by atoms with Crippen molar-refractivity contribution in [1.29, 1.82) is 0 Å². The summed E-state index contributed by atoms with van der Waals surface area (Å²) in [7, 11) is 2.09. The number of aliphatic hydroxyl groups is 1. The van der Waals surface area contributed by atoms with Crippen LogP contribution in [0.4, 0.5) is 0 Å². The van der Waals surface area contributed by atoms with Crippen LogP contribution in [0.5, 0.6) is 0 Å². The average Bonchev–Trinajstić information content (AvgIpc) is 2.89. The van der Waals surface area contributed by atoms with Crippen LogP contribution in [-0.4, -0.2) is 23.6 Å². The first kappa shape index (κ1) is 14.7. The van der Waals surface area contributed by atoms with Gasteiger partial charge in [-0.05, 0) is 42.6 Å². The van der Waals surface area contributed by atoms with Gasteiger partial charge in [0.15, 0.2) is 0 Å². The summed E-state index contributed by atoms with van der Waals surface area (Å²) in [5.74, 6) is 0. The van der Waals surface area contributed by atoms with Crippen LogP contribution in [0, 0.1) is 0 Å². The smallest absolute Gasteiger partial charge is 0.0802 e. The third kappa shape index (κ3) is 4.73. The van der Waals surface area contributed by atoms with Crippen molar-refractivity contribution in [3.8, 4) is 0 Å². The molecular weight excluding hydrogens is 322 g/mol. The number of benzene rings is 1. The molecule has 0 aliphatic heterocycles. The van der Waals surface area contributed by atoms with Crippen LogP contribution in [0.3, 0.4) is 0 Å². The number of nitrogens with zero attached hydrogens (tertiary/aromatic N) is 1. The van der Waals surface area contributed by atoms with Crippen LogP contribution in [-0.2, 0) is 6.54 Å². The summed E-state index contributed by atoms with van der Waals surface area (Å²) in [5.41, 5.74) is 0.979. The molecule has 4 heteroatoms. The number of rotatable bonds is 6. The van der Waals surface area contributed by atoms with Gasteiger partial charge in [0.25, 0.3) is 0 Å². The molecule has 0 radical (unpaired) electrons. The standard InChI is InChI=1S/C15H18BrNOS/c1-17(11-14-3-2-10-19-14)9-8-15(18)12-4-6-13(16)7-5-12/h2-7,10,15,18H,8-9,11H2,1H3. The predicted molar refractivity (Wildman–Crippen MR) is 84.4 cm³/mol. The van der Waals surface area contributed by atoms with E-state index in [4.69, 9.17) is 0 Å². The molecule has 1 aromatic carbocycles. The second-order valence-electron chi connectivity index (χ2n) is 4.67. The topological polar surface area (TPSA) is 23.5 Å². The van der Waals surface area contributed by atoms with Crippen LogP contribution in [0.2, 0.25) is 0 Å². The molecule has 19 heavy (non-hydrogen) atoms. The molecule has 0 amide bonds. The van der Waals surface area contributed by atoms with Gasteiger partial charge in [-0.1, -0.05) is 34.1 Å². The highest BCUT2D eigenvalue weighted by Gasteiger charge is 2.09. The minimum Gasteiger partial charge on any atom is -0.388 e. The first-order valence-electron chi connectivity index (χ1n) is 6.29. The molecule has 0 spiro atoms. The van der Waals surface area contributed by atoms with E-state index in [1.165, 1.54) is 4.88 Å². The van der Waals surface area contributed by atoms with E-state index in [1.807, 2.05) is 24.3 Å². The number of hydrogen-bond donors (Lipinski definition) is 1. The summed E-state index contributed by atoms with van der Waals surface area (Å²) in [6.07, 6.45) is 0.364. The van der Waals surface area contributed by atoms with Gasteiger partial charge in [0.1, 0.15) is 0 Å². The summed E-state index contributed by atoms with van der Waals surface area (Å²) in [5, 5.41) is 12.2. The minimum absolute atomic E-state index is 0.390. The summed E-state index contributed by atoms with van der Waals surface area (Å²) < 4.78 is 1.04. The maximum atomic E-state index is 10.1. The summed E-state index contributed by atoms with van der Waals surface area (Å²) in [4.78, 5) is 3.61. The highest BCUT2D eigenvalue weighted by molar-refractivity contribution is 9.10. The highest BCUT2D eigenvalue weighted by Crippen LogP contribution is 2.20. The van der Waals surface area contributed by atoms with E-state index in [1.54, 1.807) is 11.3 Å². The number of aliphatic hydroxyl groups excluding tert-OH is 1. The lowest BCUT2D eigenvalue weighted by Gasteiger charge is -2.18.